The van der Waals surface area contributed by atoms with Crippen molar-refractivity contribution >= 4 is 17.7 Å². The van der Waals surface area contributed by atoms with E-state index in [1.54, 1.807) is 18.6 Å². The molecule has 1 saturated heterocycles. The van der Waals surface area contributed by atoms with Crippen molar-refractivity contribution in [2.75, 3.05) is 21.2 Å². The van der Waals surface area contributed by atoms with Crippen molar-refractivity contribution in [3.05, 3.63) is 24.2 Å². The molecule has 2 heterocycles. The van der Waals surface area contributed by atoms with Crippen LogP contribution in [-0.2, 0) is 23.9 Å². The normalized spacial score (nSPS) is 41.1. The van der Waals surface area contributed by atoms with E-state index in [1.807, 2.05) is 32.8 Å². The van der Waals surface area contributed by atoms with Crippen LogP contribution in [0, 0.1) is 28.6 Å². The number of likely N-dealkylation sites (N-methyl/N-ethyl adjacent to an activating group) is 1. The quantitative estimate of drug-likeness (QED) is 0.699. The third-order valence-corrected chi connectivity index (χ3v) is 8.15. The van der Waals surface area contributed by atoms with E-state index >= 15 is 0 Å². The Morgan fingerprint density at radius 2 is 1.97 bits per heavy atom. The lowest BCUT2D eigenvalue weighted by Gasteiger charge is -2.61. The predicted molar refractivity (Wildman–Crippen MR) is 107 cm³/mol. The molecule has 164 valence electrons. The fourth-order valence-electron chi connectivity index (χ4n) is 6.64. The lowest BCUT2D eigenvalue weighted by Crippen LogP contribution is -2.66. The van der Waals surface area contributed by atoms with E-state index < -0.39 is 22.9 Å². The Hall–Kier alpha value is -2.15. The second kappa shape index (κ2) is 7.22. The van der Waals surface area contributed by atoms with Gasteiger partial charge in [-0.05, 0) is 56.7 Å². The van der Waals surface area contributed by atoms with Crippen molar-refractivity contribution in [2.45, 2.75) is 51.7 Å². The number of carbonyl (C=O) groups excluding carboxylic acids is 3. The van der Waals surface area contributed by atoms with Crippen LogP contribution in [0.5, 0.6) is 0 Å². The second-order valence-corrected chi connectivity index (χ2v) is 9.92. The van der Waals surface area contributed by atoms with Crippen LogP contribution in [0.2, 0.25) is 0 Å². The maximum absolute atomic E-state index is 13.9. The van der Waals surface area contributed by atoms with E-state index in [9.17, 15) is 14.4 Å². The van der Waals surface area contributed by atoms with Crippen LogP contribution in [0.3, 0.4) is 0 Å². The number of esters is 2. The lowest BCUT2D eigenvalue weighted by atomic mass is 9.42. The summed E-state index contributed by atoms with van der Waals surface area (Å²) in [6, 6.07) is 1.42. The molecule has 3 aliphatic rings. The van der Waals surface area contributed by atoms with Gasteiger partial charge >= 0.3 is 11.9 Å². The van der Waals surface area contributed by atoms with Crippen LogP contribution >= 0.6 is 0 Å². The number of rotatable bonds is 3. The molecule has 30 heavy (non-hydrogen) atoms. The summed E-state index contributed by atoms with van der Waals surface area (Å²) in [5.41, 5.74) is -0.366. The summed E-state index contributed by atoms with van der Waals surface area (Å²) >= 11 is 0. The van der Waals surface area contributed by atoms with E-state index in [2.05, 4.69) is 0 Å². The van der Waals surface area contributed by atoms with E-state index in [0.717, 1.165) is 5.56 Å². The van der Waals surface area contributed by atoms with E-state index in [1.165, 1.54) is 7.11 Å². The molecule has 0 N–H and O–H groups in total. The molecule has 0 amide bonds. The molecule has 4 rings (SSSR count). The summed E-state index contributed by atoms with van der Waals surface area (Å²) in [6.45, 7) is 4.08. The average Bonchev–Trinajstić information content (AvgIpc) is 3.21. The van der Waals surface area contributed by atoms with Gasteiger partial charge in [0.15, 0.2) is 5.78 Å². The number of furan rings is 1. The van der Waals surface area contributed by atoms with E-state index in [-0.39, 0.29) is 35.6 Å². The first-order valence-corrected chi connectivity index (χ1v) is 10.6. The van der Waals surface area contributed by atoms with Crippen LogP contribution in [0.4, 0.5) is 0 Å². The standard InChI is InChI=1S/C23H31NO6/c1-22-8-6-14-21(27)30-17(13-7-9-29-12-13)11-23(14,2)19(22)18(25)16(24(3)4)10-15(22)20(26)28-5/h7,9,12,14-17,19H,6,8,10-11H2,1-5H3/t14-,15-,16+,17-,19-,22-,23-/m0/s1. The number of cyclic esters (lactones) is 1. The fourth-order valence-corrected chi connectivity index (χ4v) is 6.64. The Labute approximate surface area is 177 Å². The molecule has 0 radical (unpaired) electrons. The summed E-state index contributed by atoms with van der Waals surface area (Å²) in [6.07, 6.45) is 4.90. The van der Waals surface area contributed by atoms with Crippen LogP contribution in [0.25, 0.3) is 0 Å². The van der Waals surface area contributed by atoms with Crippen LogP contribution < -0.4 is 0 Å². The molecule has 0 unspecified atom stereocenters. The first kappa shape index (κ1) is 21.1. The number of nitrogens with zero attached hydrogens (tertiary/aromatic N) is 1. The summed E-state index contributed by atoms with van der Waals surface area (Å²) < 4.78 is 16.1. The zero-order chi connectivity index (χ0) is 21.8. The van der Waals surface area contributed by atoms with Gasteiger partial charge in [-0.25, -0.2) is 0 Å². The number of ether oxygens (including phenoxy) is 2. The molecule has 0 spiro atoms. The first-order chi connectivity index (χ1) is 14.1. The van der Waals surface area contributed by atoms with Crippen LogP contribution in [-0.4, -0.2) is 49.9 Å². The van der Waals surface area contributed by atoms with E-state index in [0.29, 0.717) is 25.7 Å². The van der Waals surface area contributed by atoms with Gasteiger partial charge in [-0.2, -0.15) is 0 Å². The molecule has 7 heteroatoms. The van der Waals surface area contributed by atoms with Gasteiger partial charge in [0.25, 0.3) is 0 Å². The molecule has 1 aromatic heterocycles. The molecule has 7 nitrogen and oxygen atoms in total. The topological polar surface area (TPSA) is 86.0 Å². The van der Waals surface area contributed by atoms with Crippen molar-refractivity contribution in [1.82, 2.24) is 4.90 Å². The molecule has 1 aliphatic heterocycles. The third kappa shape index (κ3) is 2.93. The van der Waals surface area contributed by atoms with Gasteiger partial charge in [-0.1, -0.05) is 13.8 Å². The highest BCUT2D eigenvalue weighted by molar-refractivity contribution is 5.92. The Morgan fingerprint density at radius 1 is 1.23 bits per heavy atom. The summed E-state index contributed by atoms with van der Waals surface area (Å²) in [7, 11) is 5.14. The molecular weight excluding hydrogens is 386 g/mol. The maximum Gasteiger partial charge on any atom is 0.310 e. The summed E-state index contributed by atoms with van der Waals surface area (Å²) in [4.78, 5) is 41.6. The SMILES string of the molecule is COC(=O)[C@@H]1C[C@@H](N(C)C)C(=O)[C@H]2[C@@]1(C)CC[C@H]1C(=O)O[C@H](c3ccoc3)C[C@]21C. The first-order valence-electron chi connectivity index (χ1n) is 10.6. The Balaban J connectivity index is 1.81. The zero-order valence-electron chi connectivity index (χ0n) is 18.3. The summed E-state index contributed by atoms with van der Waals surface area (Å²) in [5.74, 6) is -1.59. The van der Waals surface area contributed by atoms with Crippen molar-refractivity contribution in [2.24, 2.45) is 28.6 Å². The number of Topliss-reactive ketones (excluding diaryl/α,β-unsaturated/α-hetero) is 1. The number of carbonyl (C=O) groups is 3. The monoisotopic (exact) mass is 417 g/mol. The second-order valence-electron chi connectivity index (χ2n) is 9.92. The third-order valence-electron chi connectivity index (χ3n) is 8.15. The molecule has 0 aromatic carbocycles. The average molecular weight is 418 g/mol. The fraction of sp³-hybridized carbons (Fsp3) is 0.696. The Morgan fingerprint density at radius 3 is 2.57 bits per heavy atom. The van der Waals surface area contributed by atoms with E-state index in [4.69, 9.17) is 13.9 Å². The number of ketones is 1. The smallest absolute Gasteiger partial charge is 0.310 e. The molecule has 0 bridgehead atoms. The highest BCUT2D eigenvalue weighted by Gasteiger charge is 2.67. The van der Waals surface area contributed by atoms with Gasteiger partial charge in [0.05, 0.1) is 37.5 Å². The lowest BCUT2D eigenvalue weighted by molar-refractivity contribution is -0.205. The minimum atomic E-state index is -0.609. The van der Waals surface area contributed by atoms with Crippen molar-refractivity contribution in [1.29, 1.82) is 0 Å². The van der Waals surface area contributed by atoms with Gasteiger partial charge in [0, 0.05) is 11.5 Å². The number of hydrogen-bond donors (Lipinski definition) is 0. The largest absolute Gasteiger partial charge is 0.472 e. The van der Waals surface area contributed by atoms with Crippen molar-refractivity contribution in [3.63, 3.8) is 0 Å². The van der Waals surface area contributed by atoms with Crippen molar-refractivity contribution < 1.29 is 28.3 Å². The van der Waals surface area contributed by atoms with Crippen LogP contribution in [0.1, 0.15) is 51.2 Å². The number of hydrogen-bond acceptors (Lipinski definition) is 7. The minimum Gasteiger partial charge on any atom is -0.472 e. The Kier molecular flexibility index (Phi) is 5.08. The highest BCUT2D eigenvalue weighted by atomic mass is 16.5. The number of methoxy groups -OCH3 is 1. The maximum atomic E-state index is 13.9. The Bertz CT molecular complexity index is 848. The zero-order valence-corrected chi connectivity index (χ0v) is 18.3. The number of fused-ring (bicyclic) bond motifs is 3. The predicted octanol–water partition coefficient (Wildman–Crippen LogP) is 3.00. The minimum absolute atomic E-state index is 0.121. The van der Waals surface area contributed by atoms with Crippen LogP contribution in [0.15, 0.2) is 23.0 Å². The molecule has 2 aliphatic carbocycles. The molecular formula is C23H31NO6. The highest BCUT2D eigenvalue weighted by Crippen LogP contribution is 2.65. The van der Waals surface area contributed by atoms with Gasteiger partial charge < -0.3 is 13.9 Å². The van der Waals surface area contributed by atoms with Crippen molar-refractivity contribution in [3.8, 4) is 0 Å². The van der Waals surface area contributed by atoms with Gasteiger partial charge in [0.1, 0.15) is 6.10 Å². The molecule has 3 fully saturated rings. The van der Waals surface area contributed by atoms with Gasteiger partial charge in [-0.15, -0.1) is 0 Å². The molecule has 7 atom stereocenters. The summed E-state index contributed by atoms with van der Waals surface area (Å²) in [5, 5.41) is 0. The van der Waals surface area contributed by atoms with Gasteiger partial charge in [0.2, 0.25) is 0 Å². The molecule has 1 aromatic rings. The molecule has 2 saturated carbocycles. The van der Waals surface area contributed by atoms with Gasteiger partial charge in [-0.3, -0.25) is 19.3 Å².